The van der Waals surface area contributed by atoms with Gasteiger partial charge in [-0.3, -0.25) is 4.79 Å². The molecule has 0 aromatic carbocycles. The summed E-state index contributed by atoms with van der Waals surface area (Å²) < 4.78 is 4.95. The minimum absolute atomic E-state index is 0.0295. The lowest BCUT2D eigenvalue weighted by molar-refractivity contribution is 0.0603. The summed E-state index contributed by atoms with van der Waals surface area (Å²) in [5, 5.41) is 3.66. The maximum absolute atomic E-state index is 12.4. The van der Waals surface area contributed by atoms with E-state index in [1.165, 1.54) is 12.6 Å². The SMILES string of the molecule is Cc1oncc1C(=O)N1CCCCC1CCN. The van der Waals surface area contributed by atoms with Gasteiger partial charge in [0.15, 0.2) is 0 Å². The summed E-state index contributed by atoms with van der Waals surface area (Å²) >= 11 is 0. The molecular formula is C12H19N3O2. The van der Waals surface area contributed by atoms with E-state index >= 15 is 0 Å². The van der Waals surface area contributed by atoms with Crippen molar-refractivity contribution in [2.45, 2.75) is 38.6 Å². The highest BCUT2D eigenvalue weighted by molar-refractivity contribution is 5.95. The Morgan fingerprint density at radius 3 is 3.12 bits per heavy atom. The standard InChI is InChI=1S/C12H19N3O2/c1-9-11(8-14-17-9)12(16)15-7-3-2-4-10(15)5-6-13/h8,10H,2-7,13H2,1H3. The van der Waals surface area contributed by atoms with Gasteiger partial charge in [-0.1, -0.05) is 5.16 Å². The Morgan fingerprint density at radius 2 is 2.47 bits per heavy atom. The molecule has 1 aliphatic heterocycles. The topological polar surface area (TPSA) is 72.4 Å². The molecule has 17 heavy (non-hydrogen) atoms. The van der Waals surface area contributed by atoms with Crippen molar-refractivity contribution in [1.82, 2.24) is 10.1 Å². The van der Waals surface area contributed by atoms with Crippen LogP contribution in [0.25, 0.3) is 0 Å². The van der Waals surface area contributed by atoms with Crippen LogP contribution >= 0.6 is 0 Å². The van der Waals surface area contributed by atoms with Crippen molar-refractivity contribution in [2.24, 2.45) is 5.73 Å². The van der Waals surface area contributed by atoms with Crippen LogP contribution in [-0.2, 0) is 0 Å². The van der Waals surface area contributed by atoms with Gasteiger partial charge in [0.2, 0.25) is 0 Å². The molecule has 1 unspecified atom stereocenters. The van der Waals surface area contributed by atoms with Gasteiger partial charge in [-0.25, -0.2) is 0 Å². The molecule has 1 aromatic rings. The molecule has 2 N–H and O–H groups in total. The molecule has 0 aliphatic carbocycles. The number of likely N-dealkylation sites (tertiary alicyclic amines) is 1. The van der Waals surface area contributed by atoms with E-state index in [1.54, 1.807) is 6.92 Å². The summed E-state index contributed by atoms with van der Waals surface area (Å²) in [7, 11) is 0. The second kappa shape index (κ2) is 5.31. The van der Waals surface area contributed by atoms with Crippen LogP contribution in [0.4, 0.5) is 0 Å². The van der Waals surface area contributed by atoms with Crippen LogP contribution in [-0.4, -0.2) is 35.1 Å². The molecule has 1 amide bonds. The van der Waals surface area contributed by atoms with Crippen molar-refractivity contribution in [1.29, 1.82) is 0 Å². The molecule has 0 bridgehead atoms. The van der Waals surface area contributed by atoms with Crippen LogP contribution in [0.5, 0.6) is 0 Å². The third-order valence-corrected chi connectivity index (χ3v) is 3.37. The summed E-state index contributed by atoms with van der Waals surface area (Å²) in [6.45, 7) is 3.20. The summed E-state index contributed by atoms with van der Waals surface area (Å²) in [4.78, 5) is 14.3. The number of piperidine rings is 1. The number of rotatable bonds is 3. The van der Waals surface area contributed by atoms with Crippen LogP contribution in [0.15, 0.2) is 10.7 Å². The summed E-state index contributed by atoms with van der Waals surface area (Å²) in [6.07, 6.45) is 5.67. The van der Waals surface area contributed by atoms with Crippen LogP contribution in [0.3, 0.4) is 0 Å². The molecule has 5 heteroatoms. The fourth-order valence-electron chi connectivity index (χ4n) is 2.42. The lowest BCUT2D eigenvalue weighted by Gasteiger charge is -2.35. The molecule has 94 valence electrons. The summed E-state index contributed by atoms with van der Waals surface area (Å²) in [5.74, 6) is 0.619. The van der Waals surface area contributed by atoms with Crippen molar-refractivity contribution in [2.75, 3.05) is 13.1 Å². The van der Waals surface area contributed by atoms with E-state index in [1.807, 2.05) is 4.90 Å². The van der Waals surface area contributed by atoms with Gasteiger partial charge in [-0.2, -0.15) is 0 Å². The third kappa shape index (κ3) is 2.49. The lowest BCUT2D eigenvalue weighted by atomic mass is 9.98. The molecule has 0 spiro atoms. The first-order chi connectivity index (χ1) is 8.24. The fraction of sp³-hybridized carbons (Fsp3) is 0.667. The molecule has 2 heterocycles. The number of carbonyl (C=O) groups is 1. The molecule has 0 radical (unpaired) electrons. The highest BCUT2D eigenvalue weighted by Gasteiger charge is 2.28. The first-order valence-electron chi connectivity index (χ1n) is 6.16. The Kier molecular flexibility index (Phi) is 3.78. The Hall–Kier alpha value is -1.36. The van der Waals surface area contributed by atoms with Gasteiger partial charge >= 0.3 is 0 Å². The number of carbonyl (C=O) groups excluding carboxylic acids is 1. The second-order valence-electron chi connectivity index (χ2n) is 4.52. The zero-order valence-electron chi connectivity index (χ0n) is 10.2. The molecule has 1 aromatic heterocycles. The molecule has 1 aliphatic rings. The molecule has 0 saturated carbocycles. The zero-order chi connectivity index (χ0) is 12.3. The largest absolute Gasteiger partial charge is 0.361 e. The van der Waals surface area contributed by atoms with E-state index in [4.69, 9.17) is 10.3 Å². The molecule has 1 atom stereocenters. The smallest absolute Gasteiger partial charge is 0.259 e. The van der Waals surface area contributed by atoms with Crippen LogP contribution in [0.1, 0.15) is 41.8 Å². The van der Waals surface area contributed by atoms with Crippen molar-refractivity contribution in [3.63, 3.8) is 0 Å². The van der Waals surface area contributed by atoms with E-state index in [-0.39, 0.29) is 11.9 Å². The van der Waals surface area contributed by atoms with E-state index in [9.17, 15) is 4.79 Å². The van der Waals surface area contributed by atoms with Gasteiger partial charge in [0.1, 0.15) is 11.3 Å². The van der Waals surface area contributed by atoms with Crippen LogP contribution in [0.2, 0.25) is 0 Å². The predicted octanol–water partition coefficient (Wildman–Crippen LogP) is 1.33. The zero-order valence-corrected chi connectivity index (χ0v) is 10.2. The summed E-state index contributed by atoms with van der Waals surface area (Å²) in [6, 6.07) is 0.274. The number of hydrogen-bond donors (Lipinski definition) is 1. The fourth-order valence-corrected chi connectivity index (χ4v) is 2.42. The normalized spacial score (nSPS) is 20.6. The average Bonchev–Trinajstić information content (AvgIpc) is 2.76. The molecule has 1 fully saturated rings. The van der Waals surface area contributed by atoms with Crippen LogP contribution in [0, 0.1) is 6.92 Å². The van der Waals surface area contributed by atoms with E-state index in [0.717, 1.165) is 25.8 Å². The lowest BCUT2D eigenvalue weighted by Crippen LogP contribution is -2.44. The summed E-state index contributed by atoms with van der Waals surface area (Å²) in [5.41, 5.74) is 6.18. The average molecular weight is 237 g/mol. The third-order valence-electron chi connectivity index (χ3n) is 3.37. The van der Waals surface area contributed by atoms with E-state index < -0.39 is 0 Å². The first kappa shape index (κ1) is 12.1. The van der Waals surface area contributed by atoms with Crippen molar-refractivity contribution >= 4 is 5.91 Å². The minimum Gasteiger partial charge on any atom is -0.361 e. The number of nitrogens with two attached hydrogens (primary N) is 1. The Morgan fingerprint density at radius 1 is 1.65 bits per heavy atom. The quantitative estimate of drug-likeness (QED) is 0.860. The van der Waals surface area contributed by atoms with Gasteiger partial charge in [0, 0.05) is 12.6 Å². The number of aromatic nitrogens is 1. The van der Waals surface area contributed by atoms with Crippen molar-refractivity contribution in [3.05, 3.63) is 17.5 Å². The van der Waals surface area contributed by atoms with Gasteiger partial charge in [-0.05, 0) is 39.2 Å². The minimum atomic E-state index is 0.0295. The molecule has 1 saturated heterocycles. The molecule has 5 nitrogen and oxygen atoms in total. The van der Waals surface area contributed by atoms with E-state index in [2.05, 4.69) is 5.16 Å². The van der Waals surface area contributed by atoms with Gasteiger partial charge in [-0.15, -0.1) is 0 Å². The Labute approximate surface area is 101 Å². The van der Waals surface area contributed by atoms with Crippen molar-refractivity contribution in [3.8, 4) is 0 Å². The predicted molar refractivity (Wildman–Crippen MR) is 63.6 cm³/mol. The molecule has 2 rings (SSSR count). The van der Waals surface area contributed by atoms with E-state index in [0.29, 0.717) is 17.9 Å². The highest BCUT2D eigenvalue weighted by atomic mass is 16.5. The number of hydrogen-bond acceptors (Lipinski definition) is 4. The number of nitrogens with zero attached hydrogens (tertiary/aromatic N) is 2. The van der Waals surface area contributed by atoms with Crippen molar-refractivity contribution < 1.29 is 9.32 Å². The van der Waals surface area contributed by atoms with Gasteiger partial charge in [0.05, 0.1) is 6.20 Å². The Bertz CT molecular complexity index is 387. The number of aryl methyl sites for hydroxylation is 1. The maximum atomic E-state index is 12.4. The maximum Gasteiger partial charge on any atom is 0.259 e. The number of amides is 1. The Balaban J connectivity index is 2.14. The van der Waals surface area contributed by atoms with Crippen LogP contribution < -0.4 is 5.73 Å². The molecular weight excluding hydrogens is 218 g/mol. The monoisotopic (exact) mass is 237 g/mol. The second-order valence-corrected chi connectivity index (χ2v) is 4.52. The highest BCUT2D eigenvalue weighted by Crippen LogP contribution is 2.22. The van der Waals surface area contributed by atoms with Gasteiger partial charge < -0.3 is 15.2 Å². The van der Waals surface area contributed by atoms with Gasteiger partial charge in [0.25, 0.3) is 5.91 Å². The first-order valence-corrected chi connectivity index (χ1v) is 6.16.